The maximum Gasteiger partial charge on any atom is 0.343 e. The van der Waals surface area contributed by atoms with Crippen LogP contribution < -0.4 is 10.5 Å². The Morgan fingerprint density at radius 2 is 1.89 bits per heavy atom. The Labute approximate surface area is 155 Å². The van der Waals surface area contributed by atoms with E-state index in [2.05, 4.69) is 9.97 Å². The molecule has 1 N–H and O–H groups in total. The molecule has 1 fully saturated rings. The summed E-state index contributed by atoms with van der Waals surface area (Å²) in [5, 5.41) is 10.3. The lowest BCUT2D eigenvalue weighted by atomic mass is 10.1. The zero-order valence-corrected chi connectivity index (χ0v) is 15.1. The fourth-order valence-corrected chi connectivity index (χ4v) is 3.69. The van der Waals surface area contributed by atoms with Crippen LogP contribution in [0.25, 0.3) is 22.4 Å². The molecule has 0 spiro atoms. The summed E-state index contributed by atoms with van der Waals surface area (Å²) in [6.45, 7) is 3.60. The summed E-state index contributed by atoms with van der Waals surface area (Å²) in [7, 11) is 0. The Kier molecular flexibility index (Phi) is 4.35. The van der Waals surface area contributed by atoms with E-state index in [1.807, 2.05) is 42.2 Å². The average Bonchev–Trinajstić information content (AvgIpc) is 3.21. The first-order chi connectivity index (χ1) is 13.1. The van der Waals surface area contributed by atoms with E-state index >= 15 is 0 Å². The minimum absolute atomic E-state index is 0.192. The van der Waals surface area contributed by atoms with Crippen LogP contribution in [0, 0.1) is 0 Å². The van der Waals surface area contributed by atoms with E-state index in [4.69, 9.17) is 0 Å². The van der Waals surface area contributed by atoms with Gasteiger partial charge >= 0.3 is 5.97 Å². The minimum Gasteiger partial charge on any atom is -0.477 e. The van der Waals surface area contributed by atoms with Gasteiger partial charge in [-0.1, -0.05) is 30.3 Å². The van der Waals surface area contributed by atoms with Crippen LogP contribution in [0.2, 0.25) is 0 Å². The minimum atomic E-state index is -1.21. The quantitative estimate of drug-likeness (QED) is 0.766. The van der Waals surface area contributed by atoms with Gasteiger partial charge in [0.15, 0.2) is 5.82 Å². The van der Waals surface area contributed by atoms with Gasteiger partial charge in [-0.05, 0) is 19.8 Å². The van der Waals surface area contributed by atoms with Crippen LogP contribution in [-0.4, -0.2) is 38.7 Å². The molecule has 4 rings (SSSR count). The summed E-state index contributed by atoms with van der Waals surface area (Å²) in [6, 6.07) is 9.53. The Hall–Kier alpha value is -3.22. The fraction of sp³-hybridized carbons (Fsp3) is 0.300. The molecule has 0 amide bonds. The first-order valence-corrected chi connectivity index (χ1v) is 9.09. The van der Waals surface area contributed by atoms with Crippen molar-refractivity contribution < 1.29 is 9.90 Å². The SMILES string of the molecule is CCn1c(=O)c(C(=O)O)c(N2CCCC2)c2cnc(-c3ccccc3)nc21. The second-order valence-electron chi connectivity index (χ2n) is 6.57. The van der Waals surface area contributed by atoms with Gasteiger partial charge in [-0.3, -0.25) is 9.36 Å². The predicted molar refractivity (Wildman–Crippen MR) is 103 cm³/mol. The van der Waals surface area contributed by atoms with E-state index < -0.39 is 11.5 Å². The zero-order chi connectivity index (χ0) is 19.0. The van der Waals surface area contributed by atoms with Crippen LogP contribution in [0.5, 0.6) is 0 Å². The van der Waals surface area contributed by atoms with Gasteiger partial charge in [0.25, 0.3) is 5.56 Å². The highest BCUT2D eigenvalue weighted by molar-refractivity contribution is 6.04. The van der Waals surface area contributed by atoms with E-state index in [9.17, 15) is 14.7 Å². The third-order valence-corrected chi connectivity index (χ3v) is 4.96. The monoisotopic (exact) mass is 364 g/mol. The number of hydrogen-bond acceptors (Lipinski definition) is 5. The Morgan fingerprint density at radius 1 is 1.19 bits per heavy atom. The van der Waals surface area contributed by atoms with Crippen molar-refractivity contribution in [2.75, 3.05) is 18.0 Å². The Balaban J connectivity index is 2.06. The van der Waals surface area contributed by atoms with Crippen LogP contribution in [0.3, 0.4) is 0 Å². The third kappa shape index (κ3) is 2.85. The van der Waals surface area contributed by atoms with Crippen molar-refractivity contribution >= 4 is 22.7 Å². The lowest BCUT2D eigenvalue weighted by molar-refractivity contribution is 0.0695. The summed E-state index contributed by atoms with van der Waals surface area (Å²) < 4.78 is 1.42. The normalized spacial score (nSPS) is 14.0. The molecule has 0 saturated carbocycles. The average molecular weight is 364 g/mol. The number of carboxylic acids is 1. The standard InChI is InChI=1S/C20H20N4O3/c1-2-24-18-14(12-21-17(22-18)13-8-4-3-5-9-13)16(23-10-6-7-11-23)15(19(24)25)20(26)27/h3-5,8-9,12H,2,6-7,10-11H2,1H3,(H,26,27). The van der Waals surface area contributed by atoms with E-state index in [1.165, 1.54) is 4.57 Å². The number of rotatable bonds is 4. The molecule has 27 heavy (non-hydrogen) atoms. The molecular formula is C20H20N4O3. The van der Waals surface area contributed by atoms with Crippen molar-refractivity contribution in [1.82, 2.24) is 14.5 Å². The molecule has 3 heterocycles. The molecule has 7 nitrogen and oxygen atoms in total. The fourth-order valence-electron chi connectivity index (χ4n) is 3.69. The lowest BCUT2D eigenvalue weighted by Crippen LogP contribution is -2.32. The van der Waals surface area contributed by atoms with Crippen molar-refractivity contribution in [2.24, 2.45) is 0 Å². The number of aromatic carboxylic acids is 1. The molecule has 1 saturated heterocycles. The molecule has 1 aliphatic rings. The number of anilines is 1. The number of hydrogen-bond donors (Lipinski definition) is 1. The van der Waals surface area contributed by atoms with Gasteiger partial charge in [-0.25, -0.2) is 14.8 Å². The number of carboxylic acid groups (broad SMARTS) is 1. The highest BCUT2D eigenvalue weighted by Gasteiger charge is 2.28. The van der Waals surface area contributed by atoms with E-state index in [0.717, 1.165) is 31.5 Å². The smallest absolute Gasteiger partial charge is 0.343 e. The van der Waals surface area contributed by atoms with Gasteiger partial charge < -0.3 is 10.0 Å². The molecule has 138 valence electrons. The Morgan fingerprint density at radius 3 is 2.52 bits per heavy atom. The van der Waals surface area contributed by atoms with E-state index in [0.29, 0.717) is 29.1 Å². The molecule has 0 unspecified atom stereocenters. The van der Waals surface area contributed by atoms with Gasteiger partial charge in [0.05, 0.1) is 11.1 Å². The summed E-state index contributed by atoms with van der Waals surface area (Å²) in [4.78, 5) is 36.0. The number of benzene rings is 1. The number of carbonyl (C=O) groups is 1. The molecule has 0 atom stereocenters. The van der Waals surface area contributed by atoms with Gasteiger partial charge in [0.1, 0.15) is 11.2 Å². The van der Waals surface area contributed by atoms with Crippen molar-refractivity contribution in [3.63, 3.8) is 0 Å². The number of fused-ring (bicyclic) bond motifs is 1. The molecular weight excluding hydrogens is 344 g/mol. The summed E-state index contributed by atoms with van der Waals surface area (Å²) in [5.41, 5.74) is 1.06. The van der Waals surface area contributed by atoms with Crippen molar-refractivity contribution in [3.05, 3.63) is 52.4 Å². The molecule has 2 aromatic heterocycles. The lowest BCUT2D eigenvalue weighted by Gasteiger charge is -2.23. The van der Waals surface area contributed by atoms with Crippen LogP contribution in [0.4, 0.5) is 5.69 Å². The van der Waals surface area contributed by atoms with Crippen LogP contribution in [0.15, 0.2) is 41.3 Å². The van der Waals surface area contributed by atoms with Crippen LogP contribution in [0.1, 0.15) is 30.1 Å². The molecule has 0 aliphatic carbocycles. The van der Waals surface area contributed by atoms with Gasteiger partial charge in [-0.15, -0.1) is 0 Å². The van der Waals surface area contributed by atoms with Crippen LogP contribution in [-0.2, 0) is 6.54 Å². The summed E-state index contributed by atoms with van der Waals surface area (Å²) >= 11 is 0. The maximum atomic E-state index is 13.0. The van der Waals surface area contributed by atoms with E-state index in [-0.39, 0.29) is 5.56 Å². The highest BCUT2D eigenvalue weighted by Crippen LogP contribution is 2.31. The first-order valence-electron chi connectivity index (χ1n) is 9.09. The zero-order valence-electron chi connectivity index (χ0n) is 15.1. The molecule has 7 heteroatoms. The van der Waals surface area contributed by atoms with E-state index in [1.54, 1.807) is 6.20 Å². The second-order valence-corrected chi connectivity index (χ2v) is 6.57. The van der Waals surface area contributed by atoms with Gasteiger partial charge in [0.2, 0.25) is 0 Å². The molecule has 0 bridgehead atoms. The summed E-state index contributed by atoms with van der Waals surface area (Å²) in [5.74, 6) is -0.696. The highest BCUT2D eigenvalue weighted by atomic mass is 16.4. The largest absolute Gasteiger partial charge is 0.477 e. The third-order valence-electron chi connectivity index (χ3n) is 4.96. The maximum absolute atomic E-state index is 13.0. The number of nitrogens with zero attached hydrogens (tertiary/aromatic N) is 4. The summed E-state index contributed by atoms with van der Waals surface area (Å²) in [6.07, 6.45) is 3.59. The predicted octanol–water partition coefficient (Wildman–Crippen LogP) is 2.78. The topological polar surface area (TPSA) is 88.3 Å². The molecule has 3 aromatic rings. The van der Waals surface area contributed by atoms with Crippen molar-refractivity contribution in [2.45, 2.75) is 26.3 Å². The van der Waals surface area contributed by atoms with Crippen LogP contribution >= 0.6 is 0 Å². The van der Waals surface area contributed by atoms with Gasteiger partial charge in [0, 0.05) is 31.4 Å². The van der Waals surface area contributed by atoms with Gasteiger partial charge in [-0.2, -0.15) is 0 Å². The molecule has 0 radical (unpaired) electrons. The molecule has 1 aromatic carbocycles. The van der Waals surface area contributed by atoms with Crippen molar-refractivity contribution in [1.29, 1.82) is 0 Å². The number of aryl methyl sites for hydroxylation is 1. The number of aromatic nitrogens is 3. The molecule has 1 aliphatic heterocycles. The number of pyridine rings is 1. The first kappa shape index (κ1) is 17.2. The second kappa shape index (κ2) is 6.83. The Bertz CT molecular complexity index is 1070. The van der Waals surface area contributed by atoms with Crippen molar-refractivity contribution in [3.8, 4) is 11.4 Å².